The Labute approximate surface area is 156 Å². The van der Waals surface area contributed by atoms with Crippen molar-refractivity contribution in [3.05, 3.63) is 30.3 Å². The van der Waals surface area contributed by atoms with Gasteiger partial charge in [-0.15, -0.1) is 0 Å². The fraction of sp³-hybridized carbons (Fsp3) is 0.444. The van der Waals surface area contributed by atoms with Gasteiger partial charge in [0, 0.05) is 6.42 Å². The Morgan fingerprint density at radius 1 is 0.962 bits per heavy atom. The zero-order valence-corrected chi connectivity index (χ0v) is 15.7. The van der Waals surface area contributed by atoms with Crippen LogP contribution >= 0.6 is 11.8 Å². The predicted octanol–water partition coefficient (Wildman–Crippen LogP) is 3.36. The van der Waals surface area contributed by atoms with Crippen molar-refractivity contribution in [1.29, 1.82) is 0 Å². The summed E-state index contributed by atoms with van der Waals surface area (Å²) in [6.45, 7) is 4.36. The standard InChI is InChI=1S/C18H22O7S/c1-12(2)17(21)23-11-24-18(22)26-13(3)15(19)9-10-16(20)25-14-7-5-4-6-8-14/h4-8,12-13H,9-11H2,1-3H3. The third kappa shape index (κ3) is 8.66. The number of benzene rings is 1. The lowest BCUT2D eigenvalue weighted by molar-refractivity contribution is -0.155. The van der Waals surface area contributed by atoms with Gasteiger partial charge < -0.3 is 14.2 Å². The van der Waals surface area contributed by atoms with Gasteiger partial charge in [0.25, 0.3) is 0 Å². The molecular weight excluding hydrogens is 360 g/mol. The van der Waals surface area contributed by atoms with E-state index in [9.17, 15) is 19.2 Å². The van der Waals surface area contributed by atoms with Crippen LogP contribution in [0.4, 0.5) is 4.79 Å². The second-order valence-electron chi connectivity index (χ2n) is 5.64. The van der Waals surface area contributed by atoms with E-state index in [1.54, 1.807) is 44.2 Å². The largest absolute Gasteiger partial charge is 0.428 e. The molecule has 0 aliphatic carbocycles. The van der Waals surface area contributed by atoms with Gasteiger partial charge in [0.1, 0.15) is 11.5 Å². The van der Waals surface area contributed by atoms with Gasteiger partial charge in [-0.2, -0.15) is 0 Å². The minimum absolute atomic E-state index is 0.0462. The van der Waals surface area contributed by atoms with Crippen LogP contribution in [0.2, 0.25) is 0 Å². The van der Waals surface area contributed by atoms with Crippen molar-refractivity contribution in [3.8, 4) is 5.75 Å². The Balaban J connectivity index is 2.26. The molecule has 1 aromatic rings. The molecule has 0 bridgehead atoms. The summed E-state index contributed by atoms with van der Waals surface area (Å²) in [6, 6.07) is 8.54. The average molecular weight is 382 g/mol. The Morgan fingerprint density at radius 3 is 2.23 bits per heavy atom. The normalized spacial score (nSPS) is 11.5. The molecule has 0 radical (unpaired) electrons. The van der Waals surface area contributed by atoms with E-state index in [0.29, 0.717) is 17.5 Å². The molecule has 0 aliphatic heterocycles. The van der Waals surface area contributed by atoms with E-state index in [4.69, 9.17) is 14.2 Å². The van der Waals surface area contributed by atoms with E-state index in [1.807, 2.05) is 0 Å². The number of hydrogen-bond acceptors (Lipinski definition) is 8. The van der Waals surface area contributed by atoms with Gasteiger partial charge in [0.15, 0.2) is 0 Å². The summed E-state index contributed by atoms with van der Waals surface area (Å²) in [5.41, 5.74) is 0. The smallest absolute Gasteiger partial charge is 0.370 e. The number of carbonyl (C=O) groups is 4. The van der Waals surface area contributed by atoms with Crippen LogP contribution in [0.25, 0.3) is 0 Å². The molecule has 1 unspecified atom stereocenters. The summed E-state index contributed by atoms with van der Waals surface area (Å²) in [5.74, 6) is -1.20. The van der Waals surface area contributed by atoms with Gasteiger partial charge in [0.2, 0.25) is 6.79 Å². The fourth-order valence-corrected chi connectivity index (χ4v) is 2.30. The monoisotopic (exact) mass is 382 g/mol. The third-order valence-corrected chi connectivity index (χ3v) is 4.05. The van der Waals surface area contributed by atoms with Gasteiger partial charge in [0.05, 0.1) is 17.6 Å². The first-order valence-electron chi connectivity index (χ1n) is 8.08. The van der Waals surface area contributed by atoms with Crippen molar-refractivity contribution in [2.75, 3.05) is 6.79 Å². The van der Waals surface area contributed by atoms with Crippen molar-refractivity contribution in [2.24, 2.45) is 5.92 Å². The van der Waals surface area contributed by atoms with Crippen molar-refractivity contribution in [1.82, 2.24) is 0 Å². The molecule has 1 aromatic carbocycles. The lowest BCUT2D eigenvalue weighted by atomic mass is 10.2. The highest BCUT2D eigenvalue weighted by Crippen LogP contribution is 2.17. The van der Waals surface area contributed by atoms with Crippen LogP contribution in [0.5, 0.6) is 5.75 Å². The number of rotatable bonds is 9. The molecule has 0 fully saturated rings. The zero-order valence-electron chi connectivity index (χ0n) is 14.9. The molecule has 0 heterocycles. The molecule has 8 heteroatoms. The maximum absolute atomic E-state index is 12.0. The zero-order chi connectivity index (χ0) is 19.5. The molecule has 0 saturated carbocycles. The molecule has 26 heavy (non-hydrogen) atoms. The summed E-state index contributed by atoms with van der Waals surface area (Å²) >= 11 is 0.669. The number of Topliss-reactive ketones (excluding diaryl/α,β-unsaturated/α-hetero) is 1. The summed E-state index contributed by atoms with van der Waals surface area (Å²) in [5, 5.41) is -1.41. The minimum atomic E-state index is -0.728. The van der Waals surface area contributed by atoms with Crippen molar-refractivity contribution in [3.63, 3.8) is 0 Å². The minimum Gasteiger partial charge on any atom is -0.428 e. The molecule has 0 saturated heterocycles. The lowest BCUT2D eigenvalue weighted by Crippen LogP contribution is -2.20. The number of thioether (sulfide) groups is 1. The molecule has 0 spiro atoms. The number of hydrogen-bond donors (Lipinski definition) is 0. The maximum atomic E-state index is 12.0. The molecule has 0 amide bonds. The summed E-state index contributed by atoms with van der Waals surface area (Å²) < 4.78 is 14.5. The van der Waals surface area contributed by atoms with Crippen molar-refractivity contribution in [2.45, 2.75) is 38.9 Å². The SMILES string of the molecule is CC(C)C(=O)OCOC(=O)SC(C)C(=O)CCC(=O)Oc1ccccc1. The molecule has 1 atom stereocenters. The van der Waals surface area contributed by atoms with Crippen LogP contribution in [-0.4, -0.2) is 35.1 Å². The first kappa shape index (κ1) is 21.7. The van der Waals surface area contributed by atoms with Crippen LogP contribution in [-0.2, 0) is 23.9 Å². The summed E-state index contributed by atoms with van der Waals surface area (Å²) in [4.78, 5) is 46.5. The molecular formula is C18H22O7S. The lowest BCUT2D eigenvalue weighted by Gasteiger charge is -2.10. The van der Waals surface area contributed by atoms with Crippen molar-refractivity contribution < 1.29 is 33.4 Å². The number of esters is 2. The molecule has 0 aliphatic rings. The summed E-state index contributed by atoms with van der Waals surface area (Å²) in [7, 11) is 0. The van der Waals surface area contributed by atoms with Crippen molar-refractivity contribution >= 4 is 34.8 Å². The quantitative estimate of drug-likeness (QED) is 0.364. The maximum Gasteiger partial charge on any atom is 0.370 e. The average Bonchev–Trinajstić information content (AvgIpc) is 2.60. The highest BCUT2D eigenvalue weighted by molar-refractivity contribution is 8.14. The van der Waals surface area contributed by atoms with E-state index < -0.39 is 29.3 Å². The van der Waals surface area contributed by atoms with Crippen LogP contribution in [0.1, 0.15) is 33.6 Å². The van der Waals surface area contributed by atoms with E-state index in [-0.39, 0.29) is 24.5 Å². The first-order valence-corrected chi connectivity index (χ1v) is 8.96. The number of ether oxygens (including phenoxy) is 3. The van der Waals surface area contributed by atoms with Gasteiger partial charge in [-0.25, -0.2) is 4.79 Å². The highest BCUT2D eigenvalue weighted by Gasteiger charge is 2.20. The third-order valence-electron chi connectivity index (χ3n) is 3.13. The predicted molar refractivity (Wildman–Crippen MR) is 95.6 cm³/mol. The van der Waals surface area contributed by atoms with E-state index in [2.05, 4.69) is 0 Å². The molecule has 1 rings (SSSR count). The Morgan fingerprint density at radius 2 is 1.62 bits per heavy atom. The van der Waals surface area contributed by atoms with Crippen LogP contribution in [0.3, 0.4) is 0 Å². The van der Waals surface area contributed by atoms with E-state index in [0.717, 1.165) is 0 Å². The summed E-state index contributed by atoms with van der Waals surface area (Å²) in [6.07, 6.45) is -0.130. The Bertz CT molecular complexity index is 628. The van der Waals surface area contributed by atoms with E-state index in [1.165, 1.54) is 6.92 Å². The highest BCUT2D eigenvalue weighted by atomic mass is 32.2. The van der Waals surface area contributed by atoms with Gasteiger partial charge in [-0.3, -0.25) is 14.4 Å². The van der Waals surface area contributed by atoms with Crippen LogP contribution in [0.15, 0.2) is 30.3 Å². The second-order valence-corrected chi connectivity index (χ2v) is 6.92. The van der Waals surface area contributed by atoms with Crippen LogP contribution in [0, 0.1) is 5.92 Å². The molecule has 0 N–H and O–H groups in total. The first-order chi connectivity index (χ1) is 12.3. The van der Waals surface area contributed by atoms with Gasteiger partial charge >= 0.3 is 17.2 Å². The number of carbonyl (C=O) groups excluding carboxylic acids is 4. The fourth-order valence-electron chi connectivity index (χ4n) is 1.65. The second kappa shape index (κ2) is 11.3. The molecule has 7 nitrogen and oxygen atoms in total. The number of para-hydroxylation sites is 1. The van der Waals surface area contributed by atoms with Gasteiger partial charge in [-0.1, -0.05) is 32.0 Å². The van der Waals surface area contributed by atoms with Gasteiger partial charge in [-0.05, 0) is 30.8 Å². The molecule has 0 aromatic heterocycles. The Hall–Kier alpha value is -2.35. The van der Waals surface area contributed by atoms with E-state index >= 15 is 0 Å². The van der Waals surface area contributed by atoms with Crippen LogP contribution < -0.4 is 4.74 Å². The topological polar surface area (TPSA) is 96.0 Å². The molecule has 142 valence electrons. The number of ketones is 1. The Kier molecular flexibility index (Phi) is 9.43.